The minimum Gasteiger partial charge on any atom is -0.466 e. The molecule has 0 bridgehead atoms. The summed E-state index contributed by atoms with van der Waals surface area (Å²) in [5.41, 5.74) is 1.35. The first-order valence-electron chi connectivity index (χ1n) is 6.51. The lowest BCUT2D eigenvalue weighted by molar-refractivity contribution is -0.158. The van der Waals surface area contributed by atoms with E-state index < -0.39 is 18.5 Å². The van der Waals surface area contributed by atoms with Gasteiger partial charge in [0.15, 0.2) is 13.2 Å². The van der Waals surface area contributed by atoms with Gasteiger partial charge in [-0.2, -0.15) is 0 Å². The molecule has 2 aromatic heterocycles. The molecule has 0 N–H and O–H groups in total. The number of carbonyl (C=O) groups is 2. The Morgan fingerprint density at radius 3 is 2.70 bits per heavy atom. The van der Waals surface area contributed by atoms with Crippen LogP contribution in [0.1, 0.15) is 0 Å². The van der Waals surface area contributed by atoms with Crippen LogP contribution in [-0.2, 0) is 26.1 Å². The topological polar surface area (TPSA) is 92.5 Å². The molecule has 8 nitrogen and oxygen atoms in total. The lowest BCUT2D eigenvalue weighted by atomic mass is 10.3. The molecule has 9 heteroatoms. The zero-order chi connectivity index (χ0) is 16.8. The van der Waals surface area contributed by atoms with Crippen LogP contribution in [0.3, 0.4) is 0 Å². The fraction of sp³-hybridized carbons (Fsp3) is 0.286. The standard InChI is InChI=1S/C14H14ClN3O5/c1-18-11(10-4-3-9(15)6-16-10)5-12(17-18)22-8-14(20)23-7-13(19)21-2/h3-6H,7-8H2,1-2H3. The Bertz CT molecular complexity index is 699. The second-order valence-corrected chi connectivity index (χ2v) is 4.82. The first-order valence-corrected chi connectivity index (χ1v) is 6.88. The number of hydrogen-bond donors (Lipinski definition) is 0. The van der Waals surface area contributed by atoms with E-state index in [0.717, 1.165) is 0 Å². The van der Waals surface area contributed by atoms with Crippen molar-refractivity contribution < 1.29 is 23.8 Å². The van der Waals surface area contributed by atoms with Crippen molar-refractivity contribution in [1.82, 2.24) is 14.8 Å². The molecule has 0 aromatic carbocycles. The normalized spacial score (nSPS) is 10.2. The molecule has 0 saturated heterocycles. The average molecular weight is 340 g/mol. The summed E-state index contributed by atoms with van der Waals surface area (Å²) < 4.78 is 15.8. The summed E-state index contributed by atoms with van der Waals surface area (Å²) in [5, 5.41) is 4.64. The van der Waals surface area contributed by atoms with Crippen molar-refractivity contribution in [1.29, 1.82) is 0 Å². The van der Waals surface area contributed by atoms with Gasteiger partial charge in [-0.05, 0) is 12.1 Å². The molecule has 2 rings (SSSR count). The van der Waals surface area contributed by atoms with Crippen LogP contribution in [0.5, 0.6) is 5.88 Å². The van der Waals surface area contributed by atoms with E-state index in [4.69, 9.17) is 16.3 Å². The molecule has 122 valence electrons. The van der Waals surface area contributed by atoms with Crippen LogP contribution in [0.4, 0.5) is 0 Å². The third kappa shape index (κ3) is 4.68. The molecule has 23 heavy (non-hydrogen) atoms. The molecule has 2 aromatic rings. The van der Waals surface area contributed by atoms with Crippen molar-refractivity contribution in [3.05, 3.63) is 29.4 Å². The lowest BCUT2D eigenvalue weighted by Gasteiger charge is -2.03. The molecular formula is C14H14ClN3O5. The lowest BCUT2D eigenvalue weighted by Crippen LogP contribution is -2.20. The second kappa shape index (κ2) is 7.59. The highest BCUT2D eigenvalue weighted by Gasteiger charge is 2.12. The molecule has 0 fully saturated rings. The smallest absolute Gasteiger partial charge is 0.344 e. The average Bonchev–Trinajstić information content (AvgIpc) is 2.92. The van der Waals surface area contributed by atoms with Gasteiger partial charge in [-0.15, -0.1) is 5.10 Å². The highest BCUT2D eigenvalue weighted by atomic mass is 35.5. The minimum atomic E-state index is -0.702. The highest BCUT2D eigenvalue weighted by Crippen LogP contribution is 2.22. The monoisotopic (exact) mass is 339 g/mol. The van der Waals surface area contributed by atoms with Gasteiger partial charge in [0.25, 0.3) is 0 Å². The summed E-state index contributed by atoms with van der Waals surface area (Å²) in [6.07, 6.45) is 1.52. The summed E-state index contributed by atoms with van der Waals surface area (Å²) in [6, 6.07) is 5.08. The number of halogens is 1. The van der Waals surface area contributed by atoms with Gasteiger partial charge in [0.1, 0.15) is 0 Å². The molecule has 2 heterocycles. The van der Waals surface area contributed by atoms with Crippen molar-refractivity contribution in [3.8, 4) is 17.3 Å². The molecule has 0 spiro atoms. The third-order valence-corrected chi connectivity index (χ3v) is 2.99. The molecule has 0 unspecified atom stereocenters. The first kappa shape index (κ1) is 16.8. The van der Waals surface area contributed by atoms with Gasteiger partial charge in [0.2, 0.25) is 5.88 Å². The van der Waals surface area contributed by atoms with E-state index in [2.05, 4.69) is 19.6 Å². The Morgan fingerprint density at radius 1 is 1.26 bits per heavy atom. The maximum Gasteiger partial charge on any atom is 0.344 e. The van der Waals surface area contributed by atoms with E-state index in [1.165, 1.54) is 13.3 Å². The zero-order valence-corrected chi connectivity index (χ0v) is 13.2. The summed E-state index contributed by atoms with van der Waals surface area (Å²) in [6.45, 7) is -0.831. The van der Waals surface area contributed by atoms with Crippen molar-refractivity contribution in [3.63, 3.8) is 0 Å². The number of pyridine rings is 1. The largest absolute Gasteiger partial charge is 0.466 e. The Morgan fingerprint density at radius 2 is 2.04 bits per heavy atom. The van der Waals surface area contributed by atoms with Crippen LogP contribution < -0.4 is 4.74 Å². The molecule has 0 aliphatic carbocycles. The van der Waals surface area contributed by atoms with Crippen LogP contribution in [0.2, 0.25) is 5.02 Å². The third-order valence-electron chi connectivity index (χ3n) is 2.76. The first-order chi connectivity index (χ1) is 11.0. The number of aromatic nitrogens is 3. The second-order valence-electron chi connectivity index (χ2n) is 4.38. The number of aryl methyl sites for hydroxylation is 1. The minimum absolute atomic E-state index is 0.231. The van der Waals surface area contributed by atoms with Crippen LogP contribution in [0, 0.1) is 0 Å². The molecular weight excluding hydrogens is 326 g/mol. The van der Waals surface area contributed by atoms with Gasteiger partial charge in [-0.1, -0.05) is 11.6 Å². The van der Waals surface area contributed by atoms with Crippen molar-refractivity contribution in [2.75, 3.05) is 20.3 Å². The van der Waals surface area contributed by atoms with Gasteiger partial charge in [-0.25, -0.2) is 9.59 Å². The van der Waals surface area contributed by atoms with Gasteiger partial charge < -0.3 is 14.2 Å². The summed E-state index contributed by atoms with van der Waals surface area (Å²) in [7, 11) is 2.92. The fourth-order valence-electron chi connectivity index (χ4n) is 1.65. The Hall–Kier alpha value is -2.61. The highest BCUT2D eigenvalue weighted by molar-refractivity contribution is 6.30. The molecule has 0 radical (unpaired) electrons. The van der Waals surface area contributed by atoms with Crippen molar-refractivity contribution >= 4 is 23.5 Å². The number of carbonyl (C=O) groups excluding carboxylic acids is 2. The Balaban J connectivity index is 1.94. The van der Waals surface area contributed by atoms with E-state index in [1.807, 2.05) is 0 Å². The molecule has 0 amide bonds. The van der Waals surface area contributed by atoms with Crippen molar-refractivity contribution in [2.24, 2.45) is 7.05 Å². The molecule has 0 atom stereocenters. The number of nitrogens with zero attached hydrogens (tertiary/aromatic N) is 3. The zero-order valence-electron chi connectivity index (χ0n) is 12.5. The maximum absolute atomic E-state index is 11.4. The van der Waals surface area contributed by atoms with Gasteiger partial charge in [0.05, 0.1) is 23.5 Å². The van der Waals surface area contributed by atoms with E-state index >= 15 is 0 Å². The van der Waals surface area contributed by atoms with Gasteiger partial charge in [0, 0.05) is 19.3 Å². The van der Waals surface area contributed by atoms with Crippen molar-refractivity contribution in [2.45, 2.75) is 0 Å². The molecule has 0 aliphatic heterocycles. The van der Waals surface area contributed by atoms with E-state index in [1.54, 1.807) is 29.9 Å². The van der Waals surface area contributed by atoms with Gasteiger partial charge in [-0.3, -0.25) is 9.67 Å². The maximum atomic E-state index is 11.4. The molecule has 0 aliphatic rings. The number of ether oxygens (including phenoxy) is 3. The summed E-state index contributed by atoms with van der Waals surface area (Å²) >= 11 is 5.80. The van der Waals surface area contributed by atoms with Crippen LogP contribution >= 0.6 is 11.6 Å². The molecule has 0 saturated carbocycles. The number of methoxy groups -OCH3 is 1. The SMILES string of the molecule is COC(=O)COC(=O)COc1cc(-c2ccc(Cl)cn2)n(C)n1. The van der Waals surface area contributed by atoms with E-state index in [-0.39, 0.29) is 12.5 Å². The van der Waals surface area contributed by atoms with E-state index in [0.29, 0.717) is 16.4 Å². The predicted molar refractivity (Wildman–Crippen MR) is 79.9 cm³/mol. The van der Waals surface area contributed by atoms with E-state index in [9.17, 15) is 9.59 Å². The van der Waals surface area contributed by atoms with Crippen LogP contribution in [0.25, 0.3) is 11.4 Å². The summed E-state index contributed by atoms with van der Waals surface area (Å²) in [4.78, 5) is 26.5. The van der Waals surface area contributed by atoms with Crippen LogP contribution in [-0.4, -0.2) is 47.0 Å². The summed E-state index contributed by atoms with van der Waals surface area (Å²) in [5.74, 6) is -1.12. The quantitative estimate of drug-likeness (QED) is 0.731. The van der Waals surface area contributed by atoms with Gasteiger partial charge >= 0.3 is 11.9 Å². The Kier molecular flexibility index (Phi) is 5.53. The number of esters is 2. The number of rotatable bonds is 6. The number of hydrogen-bond acceptors (Lipinski definition) is 7. The Labute approximate surface area is 136 Å². The predicted octanol–water partition coefficient (Wildman–Crippen LogP) is 1.23. The fourth-order valence-corrected chi connectivity index (χ4v) is 1.76. The van der Waals surface area contributed by atoms with Crippen LogP contribution in [0.15, 0.2) is 24.4 Å².